The second-order valence-electron chi connectivity index (χ2n) is 7.37. The fourth-order valence-electron chi connectivity index (χ4n) is 3.53. The lowest BCUT2D eigenvalue weighted by Gasteiger charge is -2.31. The molecule has 1 aliphatic rings. The largest absolute Gasteiger partial charge is 0.341 e. The molecule has 27 heavy (non-hydrogen) atoms. The van der Waals surface area contributed by atoms with Gasteiger partial charge in [-0.1, -0.05) is 17.7 Å². The number of hydrogen-bond acceptors (Lipinski definition) is 5. The van der Waals surface area contributed by atoms with Gasteiger partial charge in [-0.15, -0.1) is 6.58 Å². The predicted molar refractivity (Wildman–Crippen MR) is 108 cm³/mol. The van der Waals surface area contributed by atoms with Gasteiger partial charge >= 0.3 is 5.69 Å². The van der Waals surface area contributed by atoms with E-state index in [0.717, 1.165) is 25.0 Å². The molecule has 2 N–H and O–H groups in total. The molecule has 2 aromatic heterocycles. The van der Waals surface area contributed by atoms with Crippen molar-refractivity contribution in [3.63, 3.8) is 0 Å². The van der Waals surface area contributed by atoms with E-state index in [1.54, 1.807) is 13.1 Å². The van der Waals surface area contributed by atoms with Crippen LogP contribution in [0.15, 0.2) is 33.9 Å². The van der Waals surface area contributed by atoms with Crippen LogP contribution in [-0.2, 0) is 20.1 Å². The summed E-state index contributed by atoms with van der Waals surface area (Å²) in [7, 11) is 1.65. The van der Waals surface area contributed by atoms with Crippen molar-refractivity contribution in [3.8, 4) is 0 Å². The van der Waals surface area contributed by atoms with Crippen molar-refractivity contribution in [2.45, 2.75) is 45.8 Å². The zero-order valence-electron chi connectivity index (χ0n) is 16.3. The number of nitrogens with zero attached hydrogens (tertiary/aromatic N) is 5. The fraction of sp³-hybridized carbons (Fsp3) is 0.526. The van der Waals surface area contributed by atoms with Crippen LogP contribution in [0.5, 0.6) is 0 Å². The monoisotopic (exact) mass is 372 g/mol. The summed E-state index contributed by atoms with van der Waals surface area (Å²) in [6, 6.07) is 0.0803. The summed E-state index contributed by atoms with van der Waals surface area (Å²) in [4.78, 5) is 32.5. The molecule has 0 amide bonds. The first kappa shape index (κ1) is 19.2. The van der Waals surface area contributed by atoms with Crippen LogP contribution in [0.25, 0.3) is 11.2 Å². The van der Waals surface area contributed by atoms with Gasteiger partial charge in [-0.25, -0.2) is 4.79 Å². The first-order valence-electron chi connectivity index (χ1n) is 9.30. The van der Waals surface area contributed by atoms with E-state index in [4.69, 9.17) is 10.7 Å². The molecule has 3 rings (SSSR count). The van der Waals surface area contributed by atoms with Gasteiger partial charge < -0.3 is 15.2 Å². The molecule has 8 heteroatoms. The molecule has 1 aliphatic heterocycles. The van der Waals surface area contributed by atoms with Gasteiger partial charge in [0, 0.05) is 39.3 Å². The minimum Gasteiger partial charge on any atom is -0.341 e. The van der Waals surface area contributed by atoms with Crippen molar-refractivity contribution in [1.82, 2.24) is 18.7 Å². The lowest BCUT2D eigenvalue weighted by atomic mass is 10.1. The van der Waals surface area contributed by atoms with Gasteiger partial charge in [0.25, 0.3) is 5.56 Å². The van der Waals surface area contributed by atoms with Gasteiger partial charge in [0.1, 0.15) is 0 Å². The zero-order valence-corrected chi connectivity index (χ0v) is 16.3. The molecule has 0 bridgehead atoms. The molecular weight excluding hydrogens is 344 g/mol. The minimum atomic E-state index is -0.388. The maximum absolute atomic E-state index is 13.1. The highest BCUT2D eigenvalue weighted by molar-refractivity contribution is 5.74. The number of nitrogens with two attached hydrogens (primary N) is 1. The number of aromatic nitrogens is 4. The van der Waals surface area contributed by atoms with E-state index in [1.165, 1.54) is 9.13 Å². The molecule has 1 saturated heterocycles. The molecule has 8 nitrogen and oxygen atoms in total. The number of allylic oxidation sites excluding steroid dienone is 3. The van der Waals surface area contributed by atoms with Crippen LogP contribution < -0.4 is 21.9 Å². The van der Waals surface area contributed by atoms with Crippen LogP contribution in [0.1, 0.15) is 26.7 Å². The number of aryl methyl sites for hydroxylation is 1. The van der Waals surface area contributed by atoms with Crippen molar-refractivity contribution >= 4 is 17.1 Å². The summed E-state index contributed by atoms with van der Waals surface area (Å²) < 4.78 is 4.54. The van der Waals surface area contributed by atoms with Crippen LogP contribution in [0.2, 0.25) is 0 Å². The summed E-state index contributed by atoms with van der Waals surface area (Å²) in [5.41, 5.74) is 7.42. The highest BCUT2D eigenvalue weighted by atomic mass is 16.2. The Morgan fingerprint density at radius 3 is 2.67 bits per heavy atom. The Morgan fingerprint density at radius 2 is 2.04 bits per heavy atom. The molecule has 146 valence electrons. The molecule has 3 heterocycles. The van der Waals surface area contributed by atoms with Gasteiger partial charge in [0.05, 0.1) is 0 Å². The van der Waals surface area contributed by atoms with Gasteiger partial charge in [-0.2, -0.15) is 4.98 Å². The van der Waals surface area contributed by atoms with E-state index in [-0.39, 0.29) is 23.8 Å². The van der Waals surface area contributed by atoms with E-state index in [1.807, 2.05) is 18.4 Å². The van der Waals surface area contributed by atoms with Crippen molar-refractivity contribution in [2.75, 3.05) is 18.0 Å². The second kappa shape index (κ2) is 7.56. The van der Waals surface area contributed by atoms with Crippen molar-refractivity contribution in [3.05, 3.63) is 45.1 Å². The van der Waals surface area contributed by atoms with Crippen molar-refractivity contribution < 1.29 is 0 Å². The Kier molecular flexibility index (Phi) is 5.36. The molecule has 2 aromatic rings. The third kappa shape index (κ3) is 3.49. The third-order valence-corrected chi connectivity index (χ3v) is 4.95. The maximum atomic E-state index is 13.1. The standard InChI is InChI=1S/C19H28N6O2/c1-5-9-25-17(26)15-16(22(4)19(25)27)21-18(24(15)11-8-13(2)3)23-10-6-7-14(20)12-23/h5,8,14H,1,6-7,9-12,20H2,2-4H3. The Balaban J connectivity index is 2.30. The average Bonchev–Trinajstić information content (AvgIpc) is 3.01. The fourth-order valence-corrected chi connectivity index (χ4v) is 3.53. The Morgan fingerprint density at radius 1 is 1.30 bits per heavy atom. The normalized spacial score (nSPS) is 17.3. The van der Waals surface area contributed by atoms with Crippen LogP contribution in [0.4, 0.5) is 5.95 Å². The van der Waals surface area contributed by atoms with Crippen molar-refractivity contribution in [2.24, 2.45) is 12.8 Å². The topological polar surface area (TPSA) is 91.1 Å². The molecule has 1 unspecified atom stereocenters. The highest BCUT2D eigenvalue weighted by Crippen LogP contribution is 2.23. The Bertz CT molecular complexity index is 1010. The highest BCUT2D eigenvalue weighted by Gasteiger charge is 2.25. The molecule has 0 aliphatic carbocycles. The summed E-state index contributed by atoms with van der Waals surface area (Å²) in [5, 5.41) is 0. The number of piperidine rings is 1. The van der Waals surface area contributed by atoms with Crippen LogP contribution in [-0.4, -0.2) is 37.8 Å². The number of rotatable bonds is 5. The first-order chi connectivity index (χ1) is 12.8. The molecule has 0 aromatic carbocycles. The predicted octanol–water partition coefficient (Wildman–Crippen LogP) is 0.976. The maximum Gasteiger partial charge on any atom is 0.332 e. The van der Waals surface area contributed by atoms with Gasteiger partial charge in [-0.05, 0) is 26.7 Å². The summed E-state index contributed by atoms with van der Waals surface area (Å²) in [5.74, 6) is 0.695. The van der Waals surface area contributed by atoms with Crippen molar-refractivity contribution in [1.29, 1.82) is 0 Å². The number of imidazole rings is 1. The van der Waals surface area contributed by atoms with Gasteiger partial charge in [-0.3, -0.25) is 13.9 Å². The molecule has 1 atom stereocenters. The average molecular weight is 372 g/mol. The number of hydrogen-bond donors (Lipinski definition) is 1. The summed E-state index contributed by atoms with van der Waals surface area (Å²) >= 11 is 0. The van der Waals surface area contributed by atoms with E-state index in [0.29, 0.717) is 30.2 Å². The lowest BCUT2D eigenvalue weighted by molar-refractivity contribution is 0.495. The Hall–Kier alpha value is -2.61. The Labute approximate surface area is 158 Å². The molecule has 1 fully saturated rings. The van der Waals surface area contributed by atoms with E-state index in [2.05, 4.69) is 17.6 Å². The molecule has 0 radical (unpaired) electrons. The SMILES string of the molecule is C=CCn1c(=O)c2c(nc(N3CCCC(N)C3)n2CC=C(C)C)n(C)c1=O. The van der Waals surface area contributed by atoms with Gasteiger partial charge in [0.2, 0.25) is 5.95 Å². The zero-order chi connectivity index (χ0) is 19.7. The van der Waals surface area contributed by atoms with E-state index in [9.17, 15) is 9.59 Å². The van der Waals surface area contributed by atoms with Crippen LogP contribution >= 0.6 is 0 Å². The van der Waals surface area contributed by atoms with Crippen LogP contribution in [0.3, 0.4) is 0 Å². The smallest absolute Gasteiger partial charge is 0.332 e. The summed E-state index contributed by atoms with van der Waals surface area (Å²) in [6.07, 6.45) is 5.56. The van der Waals surface area contributed by atoms with Crippen LogP contribution in [0, 0.1) is 0 Å². The second-order valence-corrected chi connectivity index (χ2v) is 7.37. The van der Waals surface area contributed by atoms with Gasteiger partial charge in [0.15, 0.2) is 11.2 Å². The minimum absolute atomic E-state index is 0.0803. The number of anilines is 1. The van der Waals surface area contributed by atoms with E-state index < -0.39 is 0 Å². The van der Waals surface area contributed by atoms with E-state index >= 15 is 0 Å². The quantitative estimate of drug-likeness (QED) is 0.790. The molecular formula is C19H28N6O2. The molecule has 0 saturated carbocycles. The first-order valence-corrected chi connectivity index (χ1v) is 9.30. The third-order valence-electron chi connectivity index (χ3n) is 4.95. The summed E-state index contributed by atoms with van der Waals surface area (Å²) in [6.45, 7) is 9.89. The number of fused-ring (bicyclic) bond motifs is 1. The lowest BCUT2D eigenvalue weighted by Crippen LogP contribution is -2.44. The molecule has 0 spiro atoms.